The lowest BCUT2D eigenvalue weighted by molar-refractivity contribution is -0.113. The summed E-state index contributed by atoms with van der Waals surface area (Å²) in [7, 11) is 0. The molecule has 2 aromatic carbocycles. The first-order valence-electron chi connectivity index (χ1n) is 9.72. The van der Waals surface area contributed by atoms with Crippen LogP contribution in [0, 0.1) is 0 Å². The molecular weight excluding hydrogens is 420 g/mol. The van der Waals surface area contributed by atoms with E-state index in [2.05, 4.69) is 17.2 Å². The van der Waals surface area contributed by atoms with Crippen LogP contribution in [-0.2, 0) is 4.79 Å². The molecule has 0 unspecified atom stereocenters. The summed E-state index contributed by atoms with van der Waals surface area (Å²) in [5, 5.41) is 5.39. The van der Waals surface area contributed by atoms with Crippen molar-refractivity contribution >= 4 is 34.1 Å². The molecular formula is C22H22N2O4S2. The van der Waals surface area contributed by atoms with Crippen LogP contribution < -0.4 is 19.5 Å². The van der Waals surface area contributed by atoms with E-state index in [0.717, 1.165) is 39.8 Å². The van der Waals surface area contributed by atoms with Gasteiger partial charge in [0.15, 0.2) is 16.6 Å². The maximum atomic E-state index is 12.3. The zero-order valence-corrected chi connectivity index (χ0v) is 18.2. The molecule has 156 valence electrons. The van der Waals surface area contributed by atoms with Crippen LogP contribution in [0.2, 0.25) is 0 Å². The summed E-state index contributed by atoms with van der Waals surface area (Å²) in [5.41, 5.74) is 1.82. The molecule has 0 radical (unpaired) electrons. The van der Waals surface area contributed by atoms with E-state index in [4.69, 9.17) is 14.2 Å². The second kappa shape index (κ2) is 9.86. The Hall–Kier alpha value is -2.71. The molecule has 0 fully saturated rings. The maximum absolute atomic E-state index is 12.3. The van der Waals surface area contributed by atoms with Gasteiger partial charge in [0.1, 0.15) is 19.0 Å². The Kier molecular flexibility index (Phi) is 6.76. The van der Waals surface area contributed by atoms with Crippen LogP contribution in [-0.4, -0.2) is 36.5 Å². The standard InChI is InChI=1S/C22H22N2O4S2/c1-2-9-26-16-5-3-15(4-6-16)18-13-30-22(23-18)24-21(25)14-29-17-7-8-19-20(12-17)28-11-10-27-19/h3-8,12-13H,2,9-11,14H2,1H3,(H,23,24,25). The van der Waals surface area contributed by atoms with Crippen molar-refractivity contribution in [1.29, 1.82) is 0 Å². The normalized spacial score (nSPS) is 12.4. The number of benzene rings is 2. The number of aromatic nitrogens is 1. The first-order chi connectivity index (χ1) is 14.7. The Morgan fingerprint density at radius 1 is 1.17 bits per heavy atom. The van der Waals surface area contributed by atoms with E-state index < -0.39 is 0 Å². The number of nitrogens with zero attached hydrogens (tertiary/aromatic N) is 1. The van der Waals surface area contributed by atoms with Crippen molar-refractivity contribution in [2.75, 3.05) is 30.9 Å². The Morgan fingerprint density at radius 2 is 1.97 bits per heavy atom. The fourth-order valence-corrected chi connectivity index (χ4v) is 4.28. The van der Waals surface area contributed by atoms with Crippen LogP contribution >= 0.6 is 23.1 Å². The van der Waals surface area contributed by atoms with Gasteiger partial charge in [-0.05, 0) is 48.9 Å². The largest absolute Gasteiger partial charge is 0.494 e. The first kappa shape index (κ1) is 20.6. The van der Waals surface area contributed by atoms with Crippen LogP contribution in [0.5, 0.6) is 17.2 Å². The highest BCUT2D eigenvalue weighted by Crippen LogP contribution is 2.34. The molecule has 0 saturated carbocycles. The molecule has 4 rings (SSSR count). The molecule has 1 N–H and O–H groups in total. The van der Waals surface area contributed by atoms with Crippen LogP contribution in [0.25, 0.3) is 11.3 Å². The minimum Gasteiger partial charge on any atom is -0.494 e. The fourth-order valence-electron chi connectivity index (χ4n) is 2.82. The number of carbonyl (C=O) groups excluding carboxylic acids is 1. The highest BCUT2D eigenvalue weighted by Gasteiger charge is 2.13. The van der Waals surface area contributed by atoms with Crippen molar-refractivity contribution in [3.8, 4) is 28.5 Å². The lowest BCUT2D eigenvalue weighted by Gasteiger charge is -2.18. The predicted octanol–water partition coefficient (Wildman–Crippen LogP) is 5.10. The number of amides is 1. The molecule has 2 heterocycles. The van der Waals surface area contributed by atoms with Gasteiger partial charge >= 0.3 is 0 Å². The Bertz CT molecular complexity index is 1000. The van der Waals surface area contributed by atoms with E-state index in [0.29, 0.717) is 25.0 Å². The molecule has 1 aliphatic rings. The molecule has 0 atom stereocenters. The van der Waals surface area contributed by atoms with Gasteiger partial charge in [-0.1, -0.05) is 6.92 Å². The number of fused-ring (bicyclic) bond motifs is 1. The number of hydrogen-bond acceptors (Lipinski definition) is 7. The van der Waals surface area contributed by atoms with Crippen LogP contribution in [0.15, 0.2) is 52.7 Å². The third-order valence-corrected chi connectivity index (χ3v) is 6.01. The number of thiazole rings is 1. The van der Waals surface area contributed by atoms with E-state index >= 15 is 0 Å². The summed E-state index contributed by atoms with van der Waals surface area (Å²) < 4.78 is 16.7. The predicted molar refractivity (Wildman–Crippen MR) is 120 cm³/mol. The number of carbonyl (C=O) groups is 1. The van der Waals surface area contributed by atoms with Crippen LogP contribution in [0.1, 0.15) is 13.3 Å². The third-order valence-electron chi connectivity index (χ3n) is 4.26. The van der Waals surface area contributed by atoms with Gasteiger partial charge in [0, 0.05) is 15.8 Å². The van der Waals surface area contributed by atoms with Gasteiger partial charge in [0.2, 0.25) is 5.91 Å². The summed E-state index contributed by atoms with van der Waals surface area (Å²) in [6.07, 6.45) is 0.976. The fraction of sp³-hybridized carbons (Fsp3) is 0.273. The lowest BCUT2D eigenvalue weighted by Crippen LogP contribution is -2.15. The van der Waals surface area contributed by atoms with Gasteiger partial charge < -0.3 is 19.5 Å². The zero-order valence-electron chi connectivity index (χ0n) is 16.6. The number of rotatable bonds is 8. The van der Waals surface area contributed by atoms with E-state index in [9.17, 15) is 4.79 Å². The number of anilines is 1. The van der Waals surface area contributed by atoms with Gasteiger partial charge in [-0.2, -0.15) is 0 Å². The summed E-state index contributed by atoms with van der Waals surface area (Å²) >= 11 is 2.86. The summed E-state index contributed by atoms with van der Waals surface area (Å²) in [5.74, 6) is 2.51. The number of thioether (sulfide) groups is 1. The first-order valence-corrected chi connectivity index (χ1v) is 11.6. The van der Waals surface area contributed by atoms with Crippen molar-refractivity contribution in [2.45, 2.75) is 18.2 Å². The number of nitrogens with one attached hydrogen (secondary N) is 1. The van der Waals surface area contributed by atoms with E-state index in [-0.39, 0.29) is 11.7 Å². The monoisotopic (exact) mass is 442 g/mol. The van der Waals surface area contributed by atoms with Gasteiger partial charge in [-0.25, -0.2) is 4.98 Å². The van der Waals surface area contributed by atoms with Crippen molar-refractivity contribution in [3.63, 3.8) is 0 Å². The minimum absolute atomic E-state index is 0.0981. The molecule has 0 saturated heterocycles. The smallest absolute Gasteiger partial charge is 0.236 e. The second-order valence-corrected chi connectivity index (χ2v) is 8.46. The van der Waals surface area contributed by atoms with Crippen molar-refractivity contribution < 1.29 is 19.0 Å². The summed E-state index contributed by atoms with van der Waals surface area (Å²) in [4.78, 5) is 17.8. The molecule has 6 nitrogen and oxygen atoms in total. The van der Waals surface area contributed by atoms with Crippen LogP contribution in [0.4, 0.5) is 5.13 Å². The molecule has 30 heavy (non-hydrogen) atoms. The van der Waals surface area contributed by atoms with Gasteiger partial charge in [0.25, 0.3) is 0 Å². The number of ether oxygens (including phenoxy) is 3. The van der Waals surface area contributed by atoms with Gasteiger partial charge in [-0.15, -0.1) is 23.1 Å². The van der Waals surface area contributed by atoms with Crippen molar-refractivity contribution in [2.24, 2.45) is 0 Å². The summed E-state index contributed by atoms with van der Waals surface area (Å²) in [6, 6.07) is 13.5. The zero-order chi connectivity index (χ0) is 20.8. The Balaban J connectivity index is 1.30. The summed E-state index contributed by atoms with van der Waals surface area (Å²) in [6.45, 7) is 3.89. The lowest BCUT2D eigenvalue weighted by atomic mass is 10.2. The topological polar surface area (TPSA) is 69.7 Å². The Labute approximate surface area is 183 Å². The molecule has 0 bridgehead atoms. The maximum Gasteiger partial charge on any atom is 0.236 e. The molecule has 0 aliphatic carbocycles. The van der Waals surface area contributed by atoms with E-state index in [1.165, 1.54) is 23.1 Å². The highest BCUT2D eigenvalue weighted by atomic mass is 32.2. The second-order valence-electron chi connectivity index (χ2n) is 6.55. The van der Waals surface area contributed by atoms with Crippen molar-refractivity contribution in [1.82, 2.24) is 4.98 Å². The quantitative estimate of drug-likeness (QED) is 0.490. The molecule has 1 aromatic heterocycles. The molecule has 3 aromatic rings. The Morgan fingerprint density at radius 3 is 2.77 bits per heavy atom. The van der Waals surface area contributed by atoms with Gasteiger partial charge in [-0.3, -0.25) is 4.79 Å². The molecule has 0 spiro atoms. The molecule has 8 heteroatoms. The third kappa shape index (κ3) is 5.25. The minimum atomic E-state index is -0.0981. The molecule has 1 amide bonds. The van der Waals surface area contributed by atoms with E-state index in [1.54, 1.807) is 0 Å². The SMILES string of the molecule is CCCOc1ccc(-c2csc(NC(=O)CSc3ccc4c(c3)OCCO4)n2)cc1. The van der Waals surface area contributed by atoms with Gasteiger partial charge in [0.05, 0.1) is 18.1 Å². The van der Waals surface area contributed by atoms with Crippen molar-refractivity contribution in [3.05, 3.63) is 47.8 Å². The molecule has 1 aliphatic heterocycles. The average Bonchev–Trinajstić information content (AvgIpc) is 3.25. The highest BCUT2D eigenvalue weighted by molar-refractivity contribution is 8.00. The van der Waals surface area contributed by atoms with E-state index in [1.807, 2.05) is 47.8 Å². The average molecular weight is 443 g/mol. The van der Waals surface area contributed by atoms with Crippen LogP contribution in [0.3, 0.4) is 0 Å². The number of hydrogen-bond donors (Lipinski definition) is 1.